The molecule has 1 aromatic heterocycles. The molecule has 0 fully saturated rings. The highest BCUT2D eigenvalue weighted by atomic mass is 79.9. The Morgan fingerprint density at radius 2 is 1.51 bits per heavy atom. The van der Waals surface area contributed by atoms with Crippen LogP contribution >= 0.6 is 27.7 Å². The van der Waals surface area contributed by atoms with Crippen LogP contribution in [0.4, 0.5) is 0 Å². The molecule has 3 aromatic carbocycles. The number of hydrogen-bond acceptors (Lipinski definition) is 3. The molecule has 0 saturated carbocycles. The fraction of sp³-hybridized carbons (Fsp3) is 0.172. The van der Waals surface area contributed by atoms with E-state index in [9.17, 15) is 4.79 Å². The Bertz CT molecular complexity index is 1340. The van der Waals surface area contributed by atoms with E-state index < -0.39 is 0 Å². The monoisotopic (exact) mass is 545 g/mol. The minimum absolute atomic E-state index is 0.228. The predicted octanol–water partition coefficient (Wildman–Crippen LogP) is 7.36. The molecule has 0 aliphatic heterocycles. The molecular formula is C29H28BrN3OS. The second-order valence-corrected chi connectivity index (χ2v) is 10.2. The smallest absolute Gasteiger partial charge is 0.271 e. The second kappa shape index (κ2) is 11.6. The summed E-state index contributed by atoms with van der Waals surface area (Å²) in [6.45, 7) is 6.23. The first-order valence-corrected chi connectivity index (χ1v) is 13.4. The van der Waals surface area contributed by atoms with Crippen molar-refractivity contribution in [1.82, 2.24) is 9.99 Å². The SMILES string of the molecule is Cc1ccccc1-n1c(C)c(Br)c(/C=N\NC(=O)c2ccc(CSCc3ccccc3)cc2)c1C. The first-order valence-electron chi connectivity index (χ1n) is 11.4. The Balaban J connectivity index is 1.38. The summed E-state index contributed by atoms with van der Waals surface area (Å²) >= 11 is 5.56. The number of amides is 1. The van der Waals surface area contributed by atoms with Gasteiger partial charge in [-0.2, -0.15) is 16.9 Å². The van der Waals surface area contributed by atoms with Crippen LogP contribution in [0, 0.1) is 20.8 Å². The third kappa shape index (κ3) is 5.95. The summed E-state index contributed by atoms with van der Waals surface area (Å²) in [6, 6.07) is 26.4. The normalized spacial score (nSPS) is 11.2. The number of hydrazone groups is 1. The van der Waals surface area contributed by atoms with Gasteiger partial charge in [-0.1, -0.05) is 60.7 Å². The molecule has 0 atom stereocenters. The first-order chi connectivity index (χ1) is 17.0. The van der Waals surface area contributed by atoms with Gasteiger partial charge in [-0.15, -0.1) is 0 Å². The summed E-state index contributed by atoms with van der Waals surface area (Å²) in [5.41, 5.74) is 11.2. The van der Waals surface area contributed by atoms with Gasteiger partial charge in [0.1, 0.15) is 0 Å². The highest BCUT2D eigenvalue weighted by molar-refractivity contribution is 9.10. The molecule has 0 aliphatic rings. The van der Waals surface area contributed by atoms with Crippen LogP contribution in [0.25, 0.3) is 5.69 Å². The Morgan fingerprint density at radius 1 is 0.886 bits per heavy atom. The molecule has 4 aromatic rings. The van der Waals surface area contributed by atoms with Gasteiger partial charge >= 0.3 is 0 Å². The molecule has 35 heavy (non-hydrogen) atoms. The lowest BCUT2D eigenvalue weighted by atomic mass is 10.1. The molecule has 1 N–H and O–H groups in total. The van der Waals surface area contributed by atoms with Crippen molar-refractivity contribution >= 4 is 39.8 Å². The van der Waals surface area contributed by atoms with Gasteiger partial charge < -0.3 is 4.57 Å². The van der Waals surface area contributed by atoms with Gasteiger partial charge in [-0.25, -0.2) is 5.43 Å². The number of aryl methyl sites for hydroxylation is 1. The number of para-hydroxylation sites is 1. The Kier molecular flexibility index (Phi) is 8.26. The summed E-state index contributed by atoms with van der Waals surface area (Å²) in [5, 5.41) is 4.24. The lowest BCUT2D eigenvalue weighted by Gasteiger charge is -2.12. The third-order valence-corrected chi connectivity index (χ3v) is 8.00. The van der Waals surface area contributed by atoms with Gasteiger partial charge in [0.25, 0.3) is 5.91 Å². The largest absolute Gasteiger partial charge is 0.316 e. The van der Waals surface area contributed by atoms with Gasteiger partial charge in [0, 0.05) is 44.2 Å². The summed E-state index contributed by atoms with van der Waals surface area (Å²) in [5.74, 6) is 1.64. The molecule has 0 bridgehead atoms. The lowest BCUT2D eigenvalue weighted by molar-refractivity contribution is 0.0955. The van der Waals surface area contributed by atoms with Crippen molar-refractivity contribution in [2.24, 2.45) is 5.10 Å². The van der Waals surface area contributed by atoms with Crippen molar-refractivity contribution in [2.75, 3.05) is 0 Å². The molecule has 4 nitrogen and oxygen atoms in total. The summed E-state index contributed by atoms with van der Waals surface area (Å²) in [6.07, 6.45) is 1.70. The fourth-order valence-electron chi connectivity index (χ4n) is 3.98. The standard InChI is InChI=1S/C29H28BrN3OS/c1-20-9-7-8-12-27(20)33-21(2)26(28(30)22(33)3)17-31-32-29(34)25-15-13-24(14-16-25)19-35-18-23-10-5-4-6-11-23/h4-17H,18-19H2,1-3H3,(H,32,34)/b31-17-. The maximum atomic E-state index is 12.6. The number of nitrogens with one attached hydrogen (secondary N) is 1. The number of rotatable bonds is 8. The predicted molar refractivity (Wildman–Crippen MR) is 151 cm³/mol. The Hall–Kier alpha value is -3.09. The minimum atomic E-state index is -0.228. The highest BCUT2D eigenvalue weighted by Crippen LogP contribution is 2.30. The number of carbonyl (C=O) groups excluding carboxylic acids is 1. The molecule has 0 unspecified atom stereocenters. The number of halogens is 1. The maximum Gasteiger partial charge on any atom is 0.271 e. The van der Waals surface area contributed by atoms with Crippen molar-refractivity contribution in [3.05, 3.63) is 123 Å². The first kappa shape index (κ1) is 25.0. The topological polar surface area (TPSA) is 46.4 Å². The van der Waals surface area contributed by atoms with Crippen LogP contribution in [0.5, 0.6) is 0 Å². The van der Waals surface area contributed by atoms with Crippen LogP contribution in [0.15, 0.2) is 88.4 Å². The number of thioether (sulfide) groups is 1. The zero-order chi connectivity index (χ0) is 24.8. The van der Waals surface area contributed by atoms with E-state index in [2.05, 4.69) is 88.2 Å². The number of aromatic nitrogens is 1. The molecule has 1 amide bonds. The molecule has 4 rings (SSSR count). The van der Waals surface area contributed by atoms with Crippen LogP contribution in [0.1, 0.15) is 44.0 Å². The molecule has 0 radical (unpaired) electrons. The maximum absolute atomic E-state index is 12.6. The van der Waals surface area contributed by atoms with E-state index in [1.54, 1.807) is 6.21 Å². The summed E-state index contributed by atoms with van der Waals surface area (Å²) in [7, 11) is 0. The zero-order valence-electron chi connectivity index (χ0n) is 20.1. The second-order valence-electron chi connectivity index (χ2n) is 8.39. The molecule has 0 aliphatic carbocycles. The van der Waals surface area contributed by atoms with Crippen LogP contribution in [0.3, 0.4) is 0 Å². The summed E-state index contributed by atoms with van der Waals surface area (Å²) in [4.78, 5) is 12.6. The van der Waals surface area contributed by atoms with Crippen molar-refractivity contribution in [3.8, 4) is 5.69 Å². The number of hydrogen-bond donors (Lipinski definition) is 1. The number of nitrogens with zero attached hydrogens (tertiary/aromatic N) is 2. The van der Waals surface area contributed by atoms with Crippen molar-refractivity contribution < 1.29 is 4.79 Å². The fourth-order valence-corrected chi connectivity index (χ4v) is 5.51. The average molecular weight is 547 g/mol. The molecule has 0 spiro atoms. The van der Waals surface area contributed by atoms with Gasteiger partial charge in [-0.05, 0) is 71.6 Å². The van der Waals surface area contributed by atoms with E-state index in [0.717, 1.165) is 38.6 Å². The van der Waals surface area contributed by atoms with Crippen LogP contribution in [-0.4, -0.2) is 16.7 Å². The Morgan fingerprint density at radius 3 is 2.20 bits per heavy atom. The van der Waals surface area contributed by atoms with Crippen LogP contribution in [0.2, 0.25) is 0 Å². The molecule has 6 heteroatoms. The van der Waals surface area contributed by atoms with E-state index in [1.807, 2.05) is 54.2 Å². The molecule has 1 heterocycles. The number of carbonyl (C=O) groups is 1. The van der Waals surface area contributed by atoms with Crippen LogP contribution < -0.4 is 5.43 Å². The highest BCUT2D eigenvalue weighted by Gasteiger charge is 2.16. The lowest BCUT2D eigenvalue weighted by Crippen LogP contribution is -2.17. The third-order valence-electron chi connectivity index (χ3n) is 5.93. The van der Waals surface area contributed by atoms with E-state index in [4.69, 9.17) is 0 Å². The number of benzene rings is 3. The zero-order valence-corrected chi connectivity index (χ0v) is 22.5. The average Bonchev–Trinajstić information content (AvgIpc) is 3.08. The van der Waals surface area contributed by atoms with E-state index >= 15 is 0 Å². The van der Waals surface area contributed by atoms with E-state index in [-0.39, 0.29) is 5.91 Å². The van der Waals surface area contributed by atoms with Gasteiger partial charge in [-0.3, -0.25) is 4.79 Å². The minimum Gasteiger partial charge on any atom is -0.316 e. The molecule has 0 saturated heterocycles. The van der Waals surface area contributed by atoms with Crippen LogP contribution in [-0.2, 0) is 11.5 Å². The summed E-state index contributed by atoms with van der Waals surface area (Å²) < 4.78 is 3.17. The van der Waals surface area contributed by atoms with Crippen molar-refractivity contribution in [2.45, 2.75) is 32.3 Å². The van der Waals surface area contributed by atoms with E-state index in [1.165, 1.54) is 16.7 Å². The van der Waals surface area contributed by atoms with Crippen molar-refractivity contribution in [3.63, 3.8) is 0 Å². The Labute approximate surface area is 219 Å². The molecule has 178 valence electrons. The van der Waals surface area contributed by atoms with E-state index in [0.29, 0.717) is 5.56 Å². The molecular weight excluding hydrogens is 518 g/mol. The quantitative estimate of drug-likeness (QED) is 0.185. The van der Waals surface area contributed by atoms with Gasteiger partial charge in [0.2, 0.25) is 0 Å². The van der Waals surface area contributed by atoms with Crippen molar-refractivity contribution in [1.29, 1.82) is 0 Å². The van der Waals surface area contributed by atoms with Gasteiger partial charge in [0.15, 0.2) is 0 Å². The van der Waals surface area contributed by atoms with Gasteiger partial charge in [0.05, 0.1) is 6.21 Å².